The van der Waals surface area contributed by atoms with Crippen LogP contribution in [0.1, 0.15) is 32.8 Å². The summed E-state index contributed by atoms with van der Waals surface area (Å²) in [5.74, 6) is 1.09. The van der Waals surface area contributed by atoms with Crippen LogP contribution in [-0.4, -0.2) is 54.9 Å². The van der Waals surface area contributed by atoms with Gasteiger partial charge in [-0.2, -0.15) is 0 Å². The van der Waals surface area contributed by atoms with E-state index in [0.717, 1.165) is 11.3 Å². The quantitative estimate of drug-likeness (QED) is 0.850. The van der Waals surface area contributed by atoms with Crippen LogP contribution in [0.5, 0.6) is 5.75 Å². The molecule has 0 bridgehead atoms. The van der Waals surface area contributed by atoms with Crippen LogP contribution < -0.4 is 4.74 Å². The van der Waals surface area contributed by atoms with E-state index in [-0.39, 0.29) is 17.2 Å². The summed E-state index contributed by atoms with van der Waals surface area (Å²) in [5, 5.41) is 0. The number of benzene rings is 1. The summed E-state index contributed by atoms with van der Waals surface area (Å²) in [6, 6.07) is 7.57. The molecular formula is C19H28N2O3. The van der Waals surface area contributed by atoms with E-state index in [1.165, 1.54) is 0 Å². The molecule has 1 aliphatic heterocycles. The molecule has 1 heterocycles. The van der Waals surface area contributed by atoms with Crippen molar-refractivity contribution in [2.45, 2.75) is 33.6 Å². The first-order valence-electron chi connectivity index (χ1n) is 8.47. The Hall–Kier alpha value is -2.04. The van der Waals surface area contributed by atoms with Gasteiger partial charge in [-0.25, -0.2) is 0 Å². The second-order valence-electron chi connectivity index (χ2n) is 7.52. The lowest BCUT2D eigenvalue weighted by Gasteiger charge is -2.36. The molecule has 24 heavy (non-hydrogen) atoms. The van der Waals surface area contributed by atoms with Gasteiger partial charge in [0.1, 0.15) is 5.75 Å². The Morgan fingerprint density at radius 2 is 1.46 bits per heavy atom. The molecule has 1 aromatic carbocycles. The summed E-state index contributed by atoms with van der Waals surface area (Å²) >= 11 is 0. The number of methoxy groups -OCH3 is 1. The minimum Gasteiger partial charge on any atom is -0.497 e. The molecule has 5 nitrogen and oxygen atoms in total. The van der Waals surface area contributed by atoms with E-state index in [4.69, 9.17) is 4.74 Å². The molecule has 0 aromatic heterocycles. The highest BCUT2D eigenvalue weighted by Gasteiger charge is 2.26. The van der Waals surface area contributed by atoms with Crippen LogP contribution in [0.25, 0.3) is 0 Å². The fourth-order valence-corrected chi connectivity index (χ4v) is 2.80. The Bertz CT molecular complexity index is 567. The van der Waals surface area contributed by atoms with Crippen molar-refractivity contribution in [3.63, 3.8) is 0 Å². The molecule has 2 rings (SSSR count). The van der Waals surface area contributed by atoms with E-state index in [2.05, 4.69) is 20.8 Å². The van der Waals surface area contributed by atoms with Crippen LogP contribution in [0.15, 0.2) is 24.3 Å². The zero-order chi connectivity index (χ0) is 17.7. The van der Waals surface area contributed by atoms with E-state index in [1.807, 2.05) is 34.1 Å². The monoisotopic (exact) mass is 332 g/mol. The van der Waals surface area contributed by atoms with Crippen molar-refractivity contribution in [1.82, 2.24) is 9.80 Å². The number of hydrogen-bond donors (Lipinski definition) is 0. The SMILES string of the molecule is COc1ccc(CC(=O)N2CCN(C(=O)CC(C)(C)C)CC2)cc1. The summed E-state index contributed by atoms with van der Waals surface area (Å²) in [4.78, 5) is 28.4. The summed E-state index contributed by atoms with van der Waals surface area (Å²) in [6.07, 6.45) is 0.937. The molecule has 1 saturated heterocycles. The second-order valence-corrected chi connectivity index (χ2v) is 7.52. The Balaban J connectivity index is 1.82. The van der Waals surface area contributed by atoms with Crippen molar-refractivity contribution in [1.29, 1.82) is 0 Å². The molecule has 0 spiro atoms. The number of carbonyl (C=O) groups is 2. The van der Waals surface area contributed by atoms with Crippen molar-refractivity contribution in [2.75, 3.05) is 33.3 Å². The third kappa shape index (κ3) is 5.25. The lowest BCUT2D eigenvalue weighted by Crippen LogP contribution is -2.51. The van der Waals surface area contributed by atoms with Crippen molar-refractivity contribution < 1.29 is 14.3 Å². The molecule has 2 amide bonds. The fraction of sp³-hybridized carbons (Fsp3) is 0.579. The standard InChI is InChI=1S/C19H28N2O3/c1-19(2,3)14-18(23)21-11-9-20(10-12-21)17(22)13-15-5-7-16(24-4)8-6-15/h5-8H,9-14H2,1-4H3. The van der Waals surface area contributed by atoms with Crippen molar-refractivity contribution >= 4 is 11.8 Å². The first-order valence-corrected chi connectivity index (χ1v) is 8.47. The molecule has 0 N–H and O–H groups in total. The van der Waals surface area contributed by atoms with Crippen LogP contribution in [0, 0.1) is 5.41 Å². The van der Waals surface area contributed by atoms with E-state index in [0.29, 0.717) is 39.0 Å². The maximum Gasteiger partial charge on any atom is 0.227 e. The van der Waals surface area contributed by atoms with E-state index in [1.54, 1.807) is 7.11 Å². The molecule has 0 saturated carbocycles. The summed E-state index contributed by atoms with van der Waals surface area (Å²) in [6.45, 7) is 8.70. The van der Waals surface area contributed by atoms with Crippen LogP contribution in [0.3, 0.4) is 0 Å². The van der Waals surface area contributed by atoms with Crippen LogP contribution >= 0.6 is 0 Å². The number of rotatable bonds is 4. The summed E-state index contributed by atoms with van der Waals surface area (Å²) in [5.41, 5.74) is 0.977. The van der Waals surface area contributed by atoms with Gasteiger partial charge in [-0.15, -0.1) is 0 Å². The van der Waals surface area contributed by atoms with Gasteiger partial charge in [-0.1, -0.05) is 32.9 Å². The molecule has 0 radical (unpaired) electrons. The van der Waals surface area contributed by atoms with Crippen LogP contribution in [0.4, 0.5) is 0 Å². The van der Waals surface area contributed by atoms with E-state index < -0.39 is 0 Å². The molecule has 0 aliphatic carbocycles. The van der Waals surface area contributed by atoms with Gasteiger partial charge in [0.15, 0.2) is 0 Å². The maximum absolute atomic E-state index is 12.4. The highest BCUT2D eigenvalue weighted by atomic mass is 16.5. The Kier molecular flexibility index (Phi) is 5.86. The second kappa shape index (κ2) is 7.69. The number of hydrogen-bond acceptors (Lipinski definition) is 3. The van der Waals surface area contributed by atoms with Crippen LogP contribution in [0.2, 0.25) is 0 Å². The van der Waals surface area contributed by atoms with Gasteiger partial charge in [0.25, 0.3) is 0 Å². The molecule has 132 valence electrons. The Morgan fingerprint density at radius 3 is 1.92 bits per heavy atom. The minimum atomic E-state index is -0.00158. The van der Waals surface area contributed by atoms with Gasteiger partial charge in [0.05, 0.1) is 13.5 Å². The van der Waals surface area contributed by atoms with E-state index in [9.17, 15) is 9.59 Å². The first kappa shape index (κ1) is 18.3. The average Bonchev–Trinajstić information content (AvgIpc) is 2.54. The van der Waals surface area contributed by atoms with Gasteiger partial charge in [0, 0.05) is 32.6 Å². The van der Waals surface area contributed by atoms with Gasteiger partial charge in [-0.05, 0) is 23.1 Å². The third-order valence-corrected chi connectivity index (χ3v) is 4.18. The van der Waals surface area contributed by atoms with E-state index >= 15 is 0 Å². The Labute approximate surface area is 144 Å². The predicted molar refractivity (Wildman–Crippen MR) is 93.9 cm³/mol. The van der Waals surface area contributed by atoms with Gasteiger partial charge < -0.3 is 14.5 Å². The van der Waals surface area contributed by atoms with Gasteiger partial charge in [-0.3, -0.25) is 9.59 Å². The van der Waals surface area contributed by atoms with Crippen molar-refractivity contribution in [3.05, 3.63) is 29.8 Å². The van der Waals surface area contributed by atoms with Crippen molar-refractivity contribution in [2.24, 2.45) is 5.41 Å². The normalized spacial score (nSPS) is 15.3. The fourth-order valence-electron chi connectivity index (χ4n) is 2.80. The lowest BCUT2D eigenvalue weighted by molar-refractivity contribution is -0.140. The van der Waals surface area contributed by atoms with Crippen molar-refractivity contribution in [3.8, 4) is 5.75 Å². The molecule has 1 aromatic rings. The van der Waals surface area contributed by atoms with Gasteiger partial charge >= 0.3 is 0 Å². The molecule has 1 aliphatic rings. The highest BCUT2D eigenvalue weighted by molar-refractivity contribution is 5.80. The summed E-state index contributed by atoms with van der Waals surface area (Å²) < 4.78 is 5.13. The molecule has 0 unspecified atom stereocenters. The molecule has 0 atom stereocenters. The number of nitrogens with zero attached hydrogens (tertiary/aromatic N) is 2. The topological polar surface area (TPSA) is 49.9 Å². The summed E-state index contributed by atoms with van der Waals surface area (Å²) in [7, 11) is 1.63. The zero-order valence-electron chi connectivity index (χ0n) is 15.2. The Morgan fingerprint density at radius 1 is 0.958 bits per heavy atom. The minimum absolute atomic E-state index is 0.00158. The number of piperazine rings is 1. The smallest absolute Gasteiger partial charge is 0.227 e. The van der Waals surface area contributed by atoms with Gasteiger partial charge in [0.2, 0.25) is 11.8 Å². The first-order chi connectivity index (χ1) is 11.3. The lowest BCUT2D eigenvalue weighted by atomic mass is 9.91. The number of amides is 2. The number of carbonyl (C=O) groups excluding carboxylic acids is 2. The predicted octanol–water partition coefficient (Wildman–Crippen LogP) is 2.34. The molecule has 1 fully saturated rings. The number of ether oxygens (including phenoxy) is 1. The average molecular weight is 332 g/mol. The third-order valence-electron chi connectivity index (χ3n) is 4.18. The zero-order valence-corrected chi connectivity index (χ0v) is 15.2. The molecular weight excluding hydrogens is 304 g/mol. The highest BCUT2D eigenvalue weighted by Crippen LogP contribution is 2.20. The largest absolute Gasteiger partial charge is 0.497 e. The van der Waals surface area contributed by atoms with Crippen LogP contribution in [-0.2, 0) is 16.0 Å². The molecule has 5 heteroatoms. The maximum atomic E-state index is 12.4.